The van der Waals surface area contributed by atoms with Gasteiger partial charge in [0.05, 0.1) is 0 Å². The molecule has 1 saturated carbocycles. The first-order chi connectivity index (χ1) is 9.22. The zero-order valence-corrected chi connectivity index (χ0v) is 12.5. The Bertz CT molecular complexity index is 391. The number of nitrogens with one attached hydrogen (secondary N) is 1. The normalized spacial score (nSPS) is 23.1. The number of pyridine rings is 1. The van der Waals surface area contributed by atoms with E-state index in [9.17, 15) is 0 Å². The third kappa shape index (κ3) is 3.62. The second kappa shape index (κ2) is 6.78. The van der Waals surface area contributed by atoms with Crippen LogP contribution in [-0.2, 0) is 0 Å². The van der Waals surface area contributed by atoms with Crippen molar-refractivity contribution in [2.45, 2.75) is 52.0 Å². The van der Waals surface area contributed by atoms with E-state index in [2.05, 4.69) is 49.3 Å². The van der Waals surface area contributed by atoms with E-state index in [0.29, 0.717) is 6.04 Å². The molecule has 0 aliphatic heterocycles. The molecule has 2 atom stereocenters. The lowest BCUT2D eigenvalue weighted by Crippen LogP contribution is -2.39. The van der Waals surface area contributed by atoms with Crippen molar-refractivity contribution < 1.29 is 0 Å². The summed E-state index contributed by atoms with van der Waals surface area (Å²) in [5.74, 6) is 2.86. The maximum Gasteiger partial charge on any atom is 0.130 e. The SMILES string of the molecule is CCCNc1cccc(N(C)C2CCCCC2C)n1. The maximum absolute atomic E-state index is 4.73. The van der Waals surface area contributed by atoms with E-state index < -0.39 is 0 Å². The molecule has 1 N–H and O–H groups in total. The van der Waals surface area contributed by atoms with Crippen molar-refractivity contribution in [2.75, 3.05) is 23.8 Å². The van der Waals surface area contributed by atoms with Crippen molar-refractivity contribution in [1.29, 1.82) is 0 Å². The van der Waals surface area contributed by atoms with E-state index in [-0.39, 0.29) is 0 Å². The highest BCUT2D eigenvalue weighted by Gasteiger charge is 2.25. The third-order valence-electron chi connectivity index (χ3n) is 4.22. The lowest BCUT2D eigenvalue weighted by atomic mass is 9.85. The first-order valence-electron chi connectivity index (χ1n) is 7.66. The summed E-state index contributed by atoms with van der Waals surface area (Å²) >= 11 is 0. The molecule has 0 saturated heterocycles. The molecule has 1 aromatic heterocycles. The molecule has 1 aliphatic carbocycles. The lowest BCUT2D eigenvalue weighted by molar-refractivity contribution is 0.320. The third-order valence-corrected chi connectivity index (χ3v) is 4.22. The van der Waals surface area contributed by atoms with Crippen LogP contribution in [0.1, 0.15) is 46.0 Å². The number of rotatable bonds is 5. The summed E-state index contributed by atoms with van der Waals surface area (Å²) in [6, 6.07) is 6.92. The molecule has 1 heterocycles. The summed E-state index contributed by atoms with van der Waals surface area (Å²) in [7, 11) is 2.19. The van der Waals surface area contributed by atoms with Crippen LogP contribution in [0.4, 0.5) is 11.6 Å². The molecular formula is C16H27N3. The van der Waals surface area contributed by atoms with Crippen LogP contribution in [0, 0.1) is 5.92 Å². The van der Waals surface area contributed by atoms with E-state index in [1.54, 1.807) is 0 Å². The van der Waals surface area contributed by atoms with Crippen molar-refractivity contribution in [3.8, 4) is 0 Å². The van der Waals surface area contributed by atoms with E-state index in [1.165, 1.54) is 25.7 Å². The van der Waals surface area contributed by atoms with Gasteiger partial charge in [0.2, 0.25) is 0 Å². The Morgan fingerprint density at radius 1 is 1.32 bits per heavy atom. The standard InChI is InChI=1S/C16H27N3/c1-4-12-17-15-10-7-11-16(18-15)19(3)14-9-6-5-8-13(14)2/h7,10-11,13-14H,4-6,8-9,12H2,1-3H3,(H,17,18). The molecule has 0 bridgehead atoms. The van der Waals surface area contributed by atoms with Gasteiger partial charge in [-0.1, -0.05) is 32.8 Å². The highest BCUT2D eigenvalue weighted by atomic mass is 15.2. The smallest absolute Gasteiger partial charge is 0.130 e. The Morgan fingerprint density at radius 3 is 2.84 bits per heavy atom. The van der Waals surface area contributed by atoms with E-state index in [1.807, 2.05) is 0 Å². The van der Waals surface area contributed by atoms with Gasteiger partial charge in [-0.2, -0.15) is 0 Å². The van der Waals surface area contributed by atoms with Gasteiger partial charge in [-0.3, -0.25) is 0 Å². The van der Waals surface area contributed by atoms with Gasteiger partial charge in [-0.15, -0.1) is 0 Å². The number of aromatic nitrogens is 1. The summed E-state index contributed by atoms with van der Waals surface area (Å²) in [5, 5.41) is 3.37. The van der Waals surface area contributed by atoms with Gasteiger partial charge in [-0.05, 0) is 37.3 Å². The predicted molar refractivity (Wildman–Crippen MR) is 82.8 cm³/mol. The van der Waals surface area contributed by atoms with Gasteiger partial charge in [0.15, 0.2) is 0 Å². The molecule has 2 unspecified atom stereocenters. The highest BCUT2D eigenvalue weighted by molar-refractivity contribution is 5.47. The second-order valence-electron chi connectivity index (χ2n) is 5.75. The summed E-state index contributed by atoms with van der Waals surface area (Å²) in [6.45, 7) is 5.53. The van der Waals surface area contributed by atoms with Crippen LogP contribution >= 0.6 is 0 Å². The monoisotopic (exact) mass is 261 g/mol. The molecule has 2 rings (SSSR count). The van der Waals surface area contributed by atoms with Gasteiger partial charge in [0, 0.05) is 19.6 Å². The van der Waals surface area contributed by atoms with Crippen molar-refractivity contribution in [2.24, 2.45) is 5.92 Å². The fourth-order valence-electron chi connectivity index (χ4n) is 3.01. The lowest BCUT2D eigenvalue weighted by Gasteiger charge is -2.37. The van der Waals surface area contributed by atoms with Crippen LogP contribution in [0.3, 0.4) is 0 Å². The minimum absolute atomic E-state index is 0.641. The van der Waals surface area contributed by atoms with Gasteiger partial charge in [0.1, 0.15) is 11.6 Å². The van der Waals surface area contributed by atoms with Gasteiger partial charge in [0.25, 0.3) is 0 Å². The Labute approximate surface area is 117 Å². The molecule has 0 amide bonds. The van der Waals surface area contributed by atoms with Gasteiger partial charge >= 0.3 is 0 Å². The number of nitrogens with zero attached hydrogens (tertiary/aromatic N) is 2. The number of anilines is 2. The Balaban J connectivity index is 2.07. The Hall–Kier alpha value is -1.25. The quantitative estimate of drug-likeness (QED) is 0.870. The summed E-state index contributed by atoms with van der Waals surface area (Å²) < 4.78 is 0. The summed E-state index contributed by atoms with van der Waals surface area (Å²) in [5.41, 5.74) is 0. The fourth-order valence-corrected chi connectivity index (χ4v) is 3.01. The second-order valence-corrected chi connectivity index (χ2v) is 5.75. The van der Waals surface area contributed by atoms with E-state index >= 15 is 0 Å². The first-order valence-corrected chi connectivity index (χ1v) is 7.66. The van der Waals surface area contributed by atoms with Crippen molar-refractivity contribution in [3.63, 3.8) is 0 Å². The molecule has 0 aromatic carbocycles. The van der Waals surface area contributed by atoms with Crippen LogP contribution < -0.4 is 10.2 Å². The number of hydrogen-bond acceptors (Lipinski definition) is 3. The molecular weight excluding hydrogens is 234 g/mol. The van der Waals surface area contributed by atoms with Gasteiger partial charge in [-0.25, -0.2) is 4.98 Å². The average Bonchev–Trinajstić information content (AvgIpc) is 2.45. The predicted octanol–water partition coefficient (Wildman–Crippen LogP) is 3.92. The summed E-state index contributed by atoms with van der Waals surface area (Å²) in [4.78, 5) is 7.11. The Morgan fingerprint density at radius 2 is 2.11 bits per heavy atom. The van der Waals surface area contributed by atoms with E-state index in [4.69, 9.17) is 4.98 Å². The molecule has 106 valence electrons. The summed E-state index contributed by atoms with van der Waals surface area (Å²) in [6.07, 6.45) is 6.51. The van der Waals surface area contributed by atoms with Crippen LogP contribution in [-0.4, -0.2) is 24.6 Å². The molecule has 0 spiro atoms. The highest BCUT2D eigenvalue weighted by Crippen LogP contribution is 2.29. The zero-order chi connectivity index (χ0) is 13.7. The molecule has 3 nitrogen and oxygen atoms in total. The van der Waals surface area contributed by atoms with E-state index in [0.717, 1.165) is 30.5 Å². The number of hydrogen-bond donors (Lipinski definition) is 1. The van der Waals surface area contributed by atoms with Crippen LogP contribution in [0.5, 0.6) is 0 Å². The topological polar surface area (TPSA) is 28.2 Å². The van der Waals surface area contributed by atoms with Crippen molar-refractivity contribution in [1.82, 2.24) is 4.98 Å². The molecule has 1 aliphatic rings. The molecule has 19 heavy (non-hydrogen) atoms. The minimum Gasteiger partial charge on any atom is -0.370 e. The average molecular weight is 261 g/mol. The molecule has 3 heteroatoms. The molecule has 0 radical (unpaired) electrons. The Kier molecular flexibility index (Phi) is 5.06. The van der Waals surface area contributed by atoms with Crippen molar-refractivity contribution >= 4 is 11.6 Å². The zero-order valence-electron chi connectivity index (χ0n) is 12.5. The largest absolute Gasteiger partial charge is 0.370 e. The molecule has 1 aromatic rings. The first kappa shape index (κ1) is 14.2. The van der Waals surface area contributed by atoms with Crippen LogP contribution in [0.25, 0.3) is 0 Å². The minimum atomic E-state index is 0.641. The molecule has 1 fully saturated rings. The maximum atomic E-state index is 4.73. The van der Waals surface area contributed by atoms with Crippen LogP contribution in [0.15, 0.2) is 18.2 Å². The van der Waals surface area contributed by atoms with Crippen LogP contribution in [0.2, 0.25) is 0 Å². The fraction of sp³-hybridized carbons (Fsp3) is 0.688. The van der Waals surface area contributed by atoms with Gasteiger partial charge < -0.3 is 10.2 Å². The van der Waals surface area contributed by atoms with Crippen molar-refractivity contribution in [3.05, 3.63) is 18.2 Å².